The number of fused-ring (bicyclic) bond motifs is 1. The number of aliphatic hydroxyl groups excluding tert-OH is 1. The van der Waals surface area contributed by atoms with Crippen LogP contribution in [0.4, 0.5) is 5.69 Å². The maximum atomic E-state index is 9.48. The third-order valence-electron chi connectivity index (χ3n) is 2.97. The molecular weight excluding hydrogens is 254 g/mol. The van der Waals surface area contributed by atoms with Gasteiger partial charge >= 0.3 is 0 Å². The number of likely N-dealkylation sites (N-methyl/N-ethyl adjacent to an activating group) is 1. The number of hydrogen-bond acceptors (Lipinski definition) is 2. The number of aliphatic hydroxyl groups is 1. The number of hydrogen-bond donors (Lipinski definition) is 1. The summed E-state index contributed by atoms with van der Waals surface area (Å²) < 4.78 is 1.16. The Kier molecular flexibility index (Phi) is 3.03. The number of anilines is 1. The zero-order valence-electron chi connectivity index (χ0n) is 9.07. The molecule has 1 aliphatic heterocycles. The van der Waals surface area contributed by atoms with Crippen molar-refractivity contribution in [2.45, 2.75) is 25.4 Å². The van der Waals surface area contributed by atoms with Crippen LogP contribution in [0, 0.1) is 0 Å². The van der Waals surface area contributed by atoms with E-state index in [4.69, 9.17) is 0 Å². The molecule has 0 radical (unpaired) electrons. The predicted molar refractivity (Wildman–Crippen MR) is 66.5 cm³/mol. The van der Waals surface area contributed by atoms with E-state index in [0.29, 0.717) is 5.92 Å². The van der Waals surface area contributed by atoms with Crippen LogP contribution < -0.4 is 4.90 Å². The van der Waals surface area contributed by atoms with E-state index < -0.39 is 0 Å². The Bertz CT molecular complexity index is 363. The van der Waals surface area contributed by atoms with E-state index in [2.05, 4.69) is 46.1 Å². The Morgan fingerprint density at radius 1 is 1.60 bits per heavy atom. The lowest BCUT2D eigenvalue weighted by atomic mass is 9.96. The first-order valence-electron chi connectivity index (χ1n) is 5.27. The molecule has 2 nitrogen and oxygen atoms in total. The van der Waals surface area contributed by atoms with Crippen LogP contribution in [0.3, 0.4) is 0 Å². The summed E-state index contributed by atoms with van der Waals surface area (Å²) in [5.74, 6) is 0.445. The number of halogens is 1. The zero-order valence-corrected chi connectivity index (χ0v) is 10.7. The highest BCUT2D eigenvalue weighted by Crippen LogP contribution is 2.41. The topological polar surface area (TPSA) is 23.5 Å². The van der Waals surface area contributed by atoms with Crippen LogP contribution in [0.15, 0.2) is 22.7 Å². The van der Waals surface area contributed by atoms with Crippen LogP contribution in [0.2, 0.25) is 0 Å². The Morgan fingerprint density at radius 2 is 2.33 bits per heavy atom. The molecule has 1 heterocycles. The molecule has 1 aliphatic rings. The zero-order chi connectivity index (χ0) is 11.0. The van der Waals surface area contributed by atoms with Crippen molar-refractivity contribution in [2.75, 3.05) is 18.5 Å². The average molecular weight is 270 g/mol. The fourth-order valence-electron chi connectivity index (χ4n) is 2.39. The van der Waals surface area contributed by atoms with Crippen molar-refractivity contribution < 1.29 is 5.11 Å². The lowest BCUT2D eigenvalue weighted by Gasteiger charge is -2.14. The van der Waals surface area contributed by atoms with Gasteiger partial charge in [0.25, 0.3) is 0 Å². The van der Waals surface area contributed by atoms with Crippen LogP contribution in [-0.2, 0) is 0 Å². The second-order valence-corrected chi connectivity index (χ2v) is 5.19. The van der Waals surface area contributed by atoms with Gasteiger partial charge in [-0.2, -0.15) is 0 Å². The molecule has 2 atom stereocenters. The smallest absolute Gasteiger partial charge is 0.0518 e. The highest BCUT2D eigenvalue weighted by molar-refractivity contribution is 9.10. The lowest BCUT2D eigenvalue weighted by Crippen LogP contribution is -2.17. The van der Waals surface area contributed by atoms with Crippen molar-refractivity contribution in [3.05, 3.63) is 28.2 Å². The molecule has 0 saturated heterocycles. The Hall–Kier alpha value is -0.540. The molecule has 2 rings (SSSR count). The molecule has 1 aromatic carbocycles. The van der Waals surface area contributed by atoms with Gasteiger partial charge in [-0.05, 0) is 31.0 Å². The van der Waals surface area contributed by atoms with Crippen molar-refractivity contribution in [1.82, 2.24) is 0 Å². The predicted octanol–water partition coefficient (Wildman–Crippen LogP) is 2.75. The molecule has 1 aromatic rings. The van der Waals surface area contributed by atoms with Crippen LogP contribution >= 0.6 is 15.9 Å². The third-order valence-corrected chi connectivity index (χ3v) is 3.66. The minimum absolute atomic E-state index is 0.235. The molecular formula is C12H16BrNO. The quantitative estimate of drug-likeness (QED) is 0.893. The van der Waals surface area contributed by atoms with E-state index >= 15 is 0 Å². The molecule has 82 valence electrons. The van der Waals surface area contributed by atoms with Gasteiger partial charge in [0.15, 0.2) is 0 Å². The molecule has 2 unspecified atom stereocenters. The van der Waals surface area contributed by atoms with Gasteiger partial charge < -0.3 is 10.0 Å². The van der Waals surface area contributed by atoms with Crippen LogP contribution in [0.1, 0.15) is 24.8 Å². The monoisotopic (exact) mass is 269 g/mol. The van der Waals surface area contributed by atoms with Crippen LogP contribution in [0.5, 0.6) is 0 Å². The van der Waals surface area contributed by atoms with E-state index in [1.165, 1.54) is 11.3 Å². The summed E-state index contributed by atoms with van der Waals surface area (Å²) in [6.07, 6.45) is 0.599. The van der Waals surface area contributed by atoms with Gasteiger partial charge in [0.2, 0.25) is 0 Å². The summed E-state index contributed by atoms with van der Waals surface area (Å²) in [5, 5.41) is 9.48. The number of benzene rings is 1. The van der Waals surface area contributed by atoms with Gasteiger partial charge in [-0.15, -0.1) is 0 Å². The van der Waals surface area contributed by atoms with Gasteiger partial charge in [0.05, 0.1) is 6.10 Å². The number of rotatable bonds is 2. The van der Waals surface area contributed by atoms with E-state index in [1.807, 2.05) is 6.92 Å². The lowest BCUT2D eigenvalue weighted by molar-refractivity contribution is 0.176. The molecule has 0 amide bonds. The molecule has 0 spiro atoms. The van der Waals surface area contributed by atoms with Crippen molar-refractivity contribution >= 4 is 21.6 Å². The summed E-state index contributed by atoms with van der Waals surface area (Å²) in [5.41, 5.74) is 2.64. The molecule has 15 heavy (non-hydrogen) atoms. The van der Waals surface area contributed by atoms with E-state index in [-0.39, 0.29) is 6.10 Å². The molecule has 0 bridgehead atoms. The molecule has 0 saturated carbocycles. The summed E-state index contributed by atoms with van der Waals surface area (Å²) in [6.45, 7) is 2.86. The van der Waals surface area contributed by atoms with Crippen LogP contribution in [-0.4, -0.2) is 24.8 Å². The first-order chi connectivity index (χ1) is 7.09. The first kappa shape index (κ1) is 11.0. The maximum absolute atomic E-state index is 9.48. The summed E-state index contributed by atoms with van der Waals surface area (Å²) >= 11 is 3.60. The van der Waals surface area contributed by atoms with Crippen molar-refractivity contribution in [3.63, 3.8) is 0 Å². The van der Waals surface area contributed by atoms with E-state index in [0.717, 1.165) is 17.4 Å². The molecule has 0 fully saturated rings. The van der Waals surface area contributed by atoms with Crippen molar-refractivity contribution in [2.24, 2.45) is 0 Å². The maximum Gasteiger partial charge on any atom is 0.0518 e. The van der Waals surface area contributed by atoms with E-state index in [9.17, 15) is 5.11 Å². The second-order valence-electron chi connectivity index (χ2n) is 4.33. The van der Waals surface area contributed by atoms with Gasteiger partial charge in [-0.3, -0.25) is 0 Å². The largest absolute Gasteiger partial charge is 0.393 e. The van der Waals surface area contributed by atoms with Gasteiger partial charge in [-0.25, -0.2) is 0 Å². The summed E-state index contributed by atoms with van der Waals surface area (Å²) in [4.78, 5) is 2.26. The normalized spacial score (nSPS) is 21.6. The van der Waals surface area contributed by atoms with Gasteiger partial charge in [0.1, 0.15) is 0 Å². The van der Waals surface area contributed by atoms with Crippen molar-refractivity contribution in [1.29, 1.82) is 0 Å². The molecule has 1 N–H and O–H groups in total. The second kappa shape index (κ2) is 4.14. The highest BCUT2D eigenvalue weighted by Gasteiger charge is 2.28. The van der Waals surface area contributed by atoms with Gasteiger partial charge in [0, 0.05) is 29.7 Å². The SMILES string of the molecule is CC(O)CC1CN(C)c2cccc(Br)c21. The Morgan fingerprint density at radius 3 is 3.00 bits per heavy atom. The minimum Gasteiger partial charge on any atom is -0.393 e. The van der Waals surface area contributed by atoms with E-state index in [1.54, 1.807) is 0 Å². The minimum atomic E-state index is -0.235. The fraction of sp³-hybridized carbons (Fsp3) is 0.500. The van der Waals surface area contributed by atoms with Crippen LogP contribution in [0.25, 0.3) is 0 Å². The highest BCUT2D eigenvalue weighted by atomic mass is 79.9. The van der Waals surface area contributed by atoms with Gasteiger partial charge in [-0.1, -0.05) is 22.0 Å². The third kappa shape index (κ3) is 2.04. The Balaban J connectivity index is 2.35. The molecule has 3 heteroatoms. The molecule has 0 aliphatic carbocycles. The molecule has 0 aromatic heterocycles. The average Bonchev–Trinajstić information content (AvgIpc) is 2.44. The standard InChI is InChI=1S/C12H16BrNO/c1-8(15)6-9-7-14(2)11-5-3-4-10(13)12(9)11/h3-5,8-9,15H,6-7H2,1-2H3. The first-order valence-corrected chi connectivity index (χ1v) is 6.06. The Labute approximate surface area is 99.0 Å². The fourth-order valence-corrected chi connectivity index (χ4v) is 3.07. The van der Waals surface area contributed by atoms with Crippen molar-refractivity contribution in [3.8, 4) is 0 Å². The summed E-state index contributed by atoms with van der Waals surface area (Å²) in [6, 6.07) is 6.28. The number of nitrogens with zero attached hydrogens (tertiary/aromatic N) is 1. The summed E-state index contributed by atoms with van der Waals surface area (Å²) in [7, 11) is 2.10.